The Balaban J connectivity index is 1.29. The Morgan fingerprint density at radius 2 is 1.90 bits per heavy atom. The zero-order chi connectivity index (χ0) is 14.5. The number of piperidine rings is 1. The molecular formula is C17H33N3O. The first-order valence-corrected chi connectivity index (χ1v) is 9.14. The lowest BCUT2D eigenvalue weighted by atomic mass is 9.89. The van der Waals surface area contributed by atoms with E-state index in [0.717, 1.165) is 25.1 Å². The molecule has 2 heterocycles. The average Bonchev–Trinajstić information content (AvgIpc) is 2.91. The zero-order valence-corrected chi connectivity index (χ0v) is 13.7. The van der Waals surface area contributed by atoms with Gasteiger partial charge in [-0.2, -0.15) is 0 Å². The maximum Gasteiger partial charge on any atom is 0.122 e. The van der Waals surface area contributed by atoms with E-state index in [0.29, 0.717) is 0 Å². The lowest BCUT2D eigenvalue weighted by molar-refractivity contribution is 0.00571. The van der Waals surface area contributed by atoms with Crippen LogP contribution in [0.15, 0.2) is 0 Å². The number of hydrogen-bond donors (Lipinski definition) is 1. The summed E-state index contributed by atoms with van der Waals surface area (Å²) in [7, 11) is 2.25. The summed E-state index contributed by atoms with van der Waals surface area (Å²) >= 11 is 0. The molecule has 0 spiro atoms. The van der Waals surface area contributed by atoms with Crippen molar-refractivity contribution < 1.29 is 4.74 Å². The number of nitrogens with zero attached hydrogens (tertiary/aromatic N) is 2. The molecule has 0 aromatic heterocycles. The molecule has 3 fully saturated rings. The van der Waals surface area contributed by atoms with Crippen LogP contribution in [0.1, 0.15) is 57.8 Å². The van der Waals surface area contributed by atoms with Gasteiger partial charge < -0.3 is 9.64 Å². The first kappa shape index (κ1) is 15.7. The third kappa shape index (κ3) is 4.65. The Labute approximate surface area is 130 Å². The fourth-order valence-corrected chi connectivity index (χ4v) is 4.26. The third-order valence-corrected chi connectivity index (χ3v) is 5.51. The standard InChI is InChI=1S/C17H33N3O/c1-19(14-15-7-3-2-4-8-15)11-12-21-17-13-16-9-5-6-10-20(16)18-17/h15-18H,2-14H2,1H3. The largest absolute Gasteiger partial charge is 0.361 e. The minimum absolute atomic E-state index is 0.260. The Kier molecular flexibility index (Phi) is 5.92. The summed E-state index contributed by atoms with van der Waals surface area (Å²) in [5.74, 6) is 0.933. The molecule has 3 rings (SSSR count). The molecule has 4 heteroatoms. The topological polar surface area (TPSA) is 27.7 Å². The molecule has 1 N–H and O–H groups in total. The first-order valence-electron chi connectivity index (χ1n) is 9.14. The highest BCUT2D eigenvalue weighted by molar-refractivity contribution is 4.83. The van der Waals surface area contributed by atoms with E-state index in [1.54, 1.807) is 0 Å². The highest BCUT2D eigenvalue weighted by atomic mass is 16.5. The lowest BCUT2D eigenvalue weighted by Crippen LogP contribution is -2.43. The molecule has 0 aromatic carbocycles. The smallest absolute Gasteiger partial charge is 0.122 e. The van der Waals surface area contributed by atoms with Gasteiger partial charge in [-0.25, -0.2) is 10.4 Å². The molecule has 0 bridgehead atoms. The van der Waals surface area contributed by atoms with Gasteiger partial charge in [0, 0.05) is 32.1 Å². The van der Waals surface area contributed by atoms with Crippen LogP contribution >= 0.6 is 0 Å². The van der Waals surface area contributed by atoms with Crippen LogP contribution in [0.5, 0.6) is 0 Å². The zero-order valence-electron chi connectivity index (χ0n) is 13.7. The molecule has 4 nitrogen and oxygen atoms in total. The van der Waals surface area contributed by atoms with Crippen LogP contribution in [0.4, 0.5) is 0 Å². The summed E-state index contributed by atoms with van der Waals surface area (Å²) in [6.07, 6.45) is 12.7. The predicted molar refractivity (Wildman–Crippen MR) is 85.9 cm³/mol. The van der Waals surface area contributed by atoms with Crippen molar-refractivity contribution in [3.8, 4) is 0 Å². The molecule has 0 amide bonds. The molecule has 0 radical (unpaired) electrons. The van der Waals surface area contributed by atoms with Crippen molar-refractivity contribution in [1.29, 1.82) is 0 Å². The normalized spacial score (nSPS) is 31.7. The fourth-order valence-electron chi connectivity index (χ4n) is 4.26. The molecule has 122 valence electrons. The summed E-state index contributed by atoms with van der Waals surface area (Å²) < 4.78 is 6.06. The van der Waals surface area contributed by atoms with E-state index in [4.69, 9.17) is 4.74 Å². The van der Waals surface area contributed by atoms with Crippen molar-refractivity contribution in [1.82, 2.24) is 15.3 Å². The molecule has 1 saturated carbocycles. The Morgan fingerprint density at radius 1 is 1.10 bits per heavy atom. The fraction of sp³-hybridized carbons (Fsp3) is 1.00. The van der Waals surface area contributed by atoms with E-state index in [1.165, 1.54) is 70.9 Å². The number of likely N-dealkylation sites (N-methyl/N-ethyl adjacent to an activating group) is 1. The van der Waals surface area contributed by atoms with E-state index in [2.05, 4.69) is 22.4 Å². The van der Waals surface area contributed by atoms with Crippen LogP contribution in [0, 0.1) is 5.92 Å². The number of hydrazine groups is 1. The lowest BCUT2D eigenvalue weighted by Gasteiger charge is -2.28. The number of fused-ring (bicyclic) bond motifs is 1. The van der Waals surface area contributed by atoms with Gasteiger partial charge >= 0.3 is 0 Å². The van der Waals surface area contributed by atoms with Crippen molar-refractivity contribution in [2.75, 3.05) is 33.3 Å². The minimum Gasteiger partial charge on any atom is -0.361 e. The average molecular weight is 295 g/mol. The van der Waals surface area contributed by atoms with Crippen LogP contribution < -0.4 is 5.43 Å². The number of ether oxygens (including phenoxy) is 1. The van der Waals surface area contributed by atoms with E-state index in [1.807, 2.05) is 0 Å². The van der Waals surface area contributed by atoms with Crippen LogP contribution in [0.3, 0.4) is 0 Å². The summed E-state index contributed by atoms with van der Waals surface area (Å²) in [6, 6.07) is 0.726. The van der Waals surface area contributed by atoms with E-state index >= 15 is 0 Å². The Bertz CT molecular complexity index is 292. The van der Waals surface area contributed by atoms with Crippen LogP contribution in [-0.2, 0) is 4.74 Å². The summed E-state index contributed by atoms with van der Waals surface area (Å²) in [6.45, 7) is 4.39. The Hall–Kier alpha value is -0.160. The van der Waals surface area contributed by atoms with Gasteiger partial charge in [-0.3, -0.25) is 0 Å². The maximum atomic E-state index is 6.06. The van der Waals surface area contributed by atoms with E-state index in [-0.39, 0.29) is 6.23 Å². The van der Waals surface area contributed by atoms with E-state index in [9.17, 15) is 0 Å². The molecule has 1 aliphatic carbocycles. The minimum atomic E-state index is 0.260. The predicted octanol–water partition coefficient (Wildman–Crippen LogP) is 2.60. The Morgan fingerprint density at radius 3 is 2.71 bits per heavy atom. The second kappa shape index (κ2) is 7.91. The monoisotopic (exact) mass is 295 g/mol. The van der Waals surface area contributed by atoms with Gasteiger partial charge in [-0.05, 0) is 38.6 Å². The van der Waals surface area contributed by atoms with Crippen molar-refractivity contribution in [2.45, 2.75) is 70.1 Å². The van der Waals surface area contributed by atoms with Gasteiger partial charge in [0.05, 0.1) is 6.61 Å². The highest BCUT2D eigenvalue weighted by Crippen LogP contribution is 2.25. The van der Waals surface area contributed by atoms with Gasteiger partial charge in [0.15, 0.2) is 0 Å². The van der Waals surface area contributed by atoms with Crippen LogP contribution in [0.2, 0.25) is 0 Å². The van der Waals surface area contributed by atoms with Crippen molar-refractivity contribution >= 4 is 0 Å². The molecule has 3 aliphatic rings. The quantitative estimate of drug-likeness (QED) is 0.815. The SMILES string of the molecule is CN(CCOC1CC2CCCCN2N1)CC1CCCCC1. The van der Waals surface area contributed by atoms with Crippen molar-refractivity contribution in [3.63, 3.8) is 0 Å². The molecule has 2 atom stereocenters. The molecule has 2 saturated heterocycles. The highest BCUT2D eigenvalue weighted by Gasteiger charge is 2.33. The molecule has 0 aromatic rings. The van der Waals surface area contributed by atoms with Crippen molar-refractivity contribution in [3.05, 3.63) is 0 Å². The first-order chi connectivity index (χ1) is 10.3. The van der Waals surface area contributed by atoms with Crippen molar-refractivity contribution in [2.24, 2.45) is 5.92 Å². The molecule has 2 unspecified atom stereocenters. The molecule has 21 heavy (non-hydrogen) atoms. The maximum absolute atomic E-state index is 6.06. The van der Waals surface area contributed by atoms with Gasteiger partial charge in [0.2, 0.25) is 0 Å². The number of nitrogens with one attached hydrogen (secondary N) is 1. The van der Waals surface area contributed by atoms with Gasteiger partial charge in [-0.1, -0.05) is 25.7 Å². The van der Waals surface area contributed by atoms with Crippen LogP contribution in [0.25, 0.3) is 0 Å². The summed E-state index contributed by atoms with van der Waals surface area (Å²) in [5, 5.41) is 2.42. The van der Waals surface area contributed by atoms with Gasteiger partial charge in [0.1, 0.15) is 6.23 Å². The third-order valence-electron chi connectivity index (χ3n) is 5.51. The molecule has 2 aliphatic heterocycles. The number of hydrogen-bond acceptors (Lipinski definition) is 4. The number of rotatable bonds is 6. The van der Waals surface area contributed by atoms with Crippen LogP contribution in [-0.4, -0.2) is 55.5 Å². The summed E-state index contributed by atoms with van der Waals surface area (Å²) in [5.41, 5.74) is 3.54. The summed E-state index contributed by atoms with van der Waals surface area (Å²) in [4.78, 5) is 2.47. The molecular weight excluding hydrogens is 262 g/mol. The van der Waals surface area contributed by atoms with Gasteiger partial charge in [0.25, 0.3) is 0 Å². The van der Waals surface area contributed by atoms with Gasteiger partial charge in [-0.15, -0.1) is 0 Å². The second-order valence-corrected chi connectivity index (χ2v) is 7.33. The second-order valence-electron chi connectivity index (χ2n) is 7.33. The van der Waals surface area contributed by atoms with E-state index < -0.39 is 0 Å².